The molecule has 8 heteroatoms. The fourth-order valence-corrected chi connectivity index (χ4v) is 2.78. The van der Waals surface area contributed by atoms with Gasteiger partial charge in [0.2, 0.25) is 5.91 Å². The van der Waals surface area contributed by atoms with Gasteiger partial charge in [-0.15, -0.1) is 0 Å². The molecule has 0 unspecified atom stereocenters. The second-order valence-electron chi connectivity index (χ2n) is 6.10. The molecule has 0 fully saturated rings. The molecule has 0 saturated heterocycles. The molecule has 1 aromatic carbocycles. The lowest BCUT2D eigenvalue weighted by molar-refractivity contribution is -0.129. The Bertz CT molecular complexity index is 660. The number of imide groups is 1. The zero-order valence-electron chi connectivity index (χ0n) is 15.4. The van der Waals surface area contributed by atoms with E-state index in [-0.39, 0.29) is 25.0 Å². The van der Waals surface area contributed by atoms with Gasteiger partial charge in [0.15, 0.2) is 6.10 Å². The second-order valence-corrected chi connectivity index (χ2v) is 6.10. The summed E-state index contributed by atoms with van der Waals surface area (Å²) in [5.41, 5.74) is 0.714. The number of carbonyl (C=O) groups excluding carboxylic acids is 3. The summed E-state index contributed by atoms with van der Waals surface area (Å²) >= 11 is 0. The summed E-state index contributed by atoms with van der Waals surface area (Å²) in [7, 11) is 1.44. The predicted octanol–water partition coefficient (Wildman–Crippen LogP) is 1.01. The molecule has 0 bridgehead atoms. The maximum absolute atomic E-state index is 12.6. The van der Waals surface area contributed by atoms with E-state index in [0.717, 1.165) is 12.8 Å². The Kier molecular flexibility index (Phi) is 6.82. The minimum Gasteiger partial charge on any atom is -0.477 e. The zero-order valence-corrected chi connectivity index (χ0v) is 15.4. The number of urea groups is 1. The van der Waals surface area contributed by atoms with Crippen LogP contribution in [0, 0.1) is 0 Å². The van der Waals surface area contributed by atoms with Crippen LogP contribution in [0.25, 0.3) is 0 Å². The summed E-state index contributed by atoms with van der Waals surface area (Å²) in [6.45, 7) is 4.20. The van der Waals surface area contributed by atoms with Crippen LogP contribution in [-0.4, -0.2) is 50.1 Å². The first-order valence-electron chi connectivity index (χ1n) is 8.81. The van der Waals surface area contributed by atoms with Gasteiger partial charge in [0.05, 0.1) is 18.8 Å². The smallest absolute Gasteiger partial charge is 0.321 e. The summed E-state index contributed by atoms with van der Waals surface area (Å²) < 4.78 is 5.83. The van der Waals surface area contributed by atoms with Gasteiger partial charge in [0.1, 0.15) is 5.75 Å². The highest BCUT2D eigenvalue weighted by atomic mass is 16.5. The highest BCUT2D eigenvalue weighted by Gasteiger charge is 2.32. The van der Waals surface area contributed by atoms with Gasteiger partial charge in [0.25, 0.3) is 5.91 Å². The number of hydrogen-bond donors (Lipinski definition) is 3. The SMILES string of the molecule is CCC(CC)NC(=O)[C@H]1CN(CC(=O)NC(=O)NC)c2ccccc2O1. The van der Waals surface area contributed by atoms with E-state index in [9.17, 15) is 14.4 Å². The van der Waals surface area contributed by atoms with Crippen molar-refractivity contribution in [3.05, 3.63) is 24.3 Å². The van der Waals surface area contributed by atoms with Crippen molar-refractivity contribution in [1.29, 1.82) is 0 Å². The third kappa shape index (κ3) is 4.87. The van der Waals surface area contributed by atoms with Crippen molar-refractivity contribution < 1.29 is 19.1 Å². The van der Waals surface area contributed by atoms with E-state index in [0.29, 0.717) is 11.4 Å². The number of hydrogen-bond acceptors (Lipinski definition) is 5. The maximum Gasteiger partial charge on any atom is 0.321 e. The van der Waals surface area contributed by atoms with Crippen LogP contribution in [-0.2, 0) is 9.59 Å². The van der Waals surface area contributed by atoms with Crippen LogP contribution in [0.5, 0.6) is 5.75 Å². The van der Waals surface area contributed by atoms with Gasteiger partial charge in [-0.2, -0.15) is 0 Å². The van der Waals surface area contributed by atoms with Crippen LogP contribution in [0.1, 0.15) is 26.7 Å². The average molecular weight is 362 g/mol. The minimum atomic E-state index is -0.724. The number of rotatable bonds is 6. The predicted molar refractivity (Wildman–Crippen MR) is 98.2 cm³/mol. The van der Waals surface area contributed by atoms with Crippen molar-refractivity contribution >= 4 is 23.5 Å². The van der Waals surface area contributed by atoms with E-state index >= 15 is 0 Å². The first kappa shape index (κ1) is 19.6. The molecule has 0 saturated carbocycles. The van der Waals surface area contributed by atoms with E-state index < -0.39 is 18.0 Å². The molecule has 3 N–H and O–H groups in total. The van der Waals surface area contributed by atoms with Crippen LogP contribution in [0.15, 0.2) is 24.3 Å². The Labute approximate surface area is 153 Å². The molecule has 0 aromatic heterocycles. The lowest BCUT2D eigenvalue weighted by Gasteiger charge is -2.35. The highest BCUT2D eigenvalue weighted by Crippen LogP contribution is 2.32. The van der Waals surface area contributed by atoms with Gasteiger partial charge < -0.3 is 20.3 Å². The molecule has 0 spiro atoms. The number of nitrogens with one attached hydrogen (secondary N) is 3. The molecular weight excluding hydrogens is 336 g/mol. The monoisotopic (exact) mass is 362 g/mol. The summed E-state index contributed by atoms with van der Waals surface area (Å²) in [4.78, 5) is 37.7. The van der Waals surface area contributed by atoms with Crippen LogP contribution < -0.4 is 25.6 Å². The average Bonchev–Trinajstić information content (AvgIpc) is 2.65. The van der Waals surface area contributed by atoms with E-state index in [2.05, 4.69) is 16.0 Å². The summed E-state index contributed by atoms with van der Waals surface area (Å²) in [6.07, 6.45) is 0.950. The molecule has 1 heterocycles. The highest BCUT2D eigenvalue weighted by molar-refractivity contribution is 5.96. The molecular formula is C18H26N4O4. The number of amides is 4. The quantitative estimate of drug-likeness (QED) is 0.701. The number of fused-ring (bicyclic) bond motifs is 1. The van der Waals surface area contributed by atoms with Crippen LogP contribution in [0.4, 0.5) is 10.5 Å². The number of nitrogens with zero attached hydrogens (tertiary/aromatic N) is 1. The first-order chi connectivity index (χ1) is 12.5. The van der Waals surface area contributed by atoms with Gasteiger partial charge in [-0.05, 0) is 25.0 Å². The molecule has 8 nitrogen and oxygen atoms in total. The number of carbonyl (C=O) groups is 3. The second kappa shape index (κ2) is 9.07. The van der Waals surface area contributed by atoms with Crippen molar-refractivity contribution in [2.45, 2.75) is 38.8 Å². The van der Waals surface area contributed by atoms with Gasteiger partial charge in [-0.25, -0.2) is 4.79 Å². The van der Waals surface area contributed by atoms with Gasteiger partial charge in [0, 0.05) is 13.1 Å². The molecule has 1 atom stereocenters. The molecule has 26 heavy (non-hydrogen) atoms. The van der Waals surface area contributed by atoms with E-state index in [1.807, 2.05) is 32.0 Å². The zero-order chi connectivity index (χ0) is 19.1. The van der Waals surface area contributed by atoms with E-state index in [1.165, 1.54) is 7.05 Å². The van der Waals surface area contributed by atoms with Gasteiger partial charge in [-0.1, -0.05) is 26.0 Å². The topological polar surface area (TPSA) is 99.8 Å². The van der Waals surface area contributed by atoms with E-state index in [1.54, 1.807) is 11.0 Å². The Morgan fingerprint density at radius 3 is 2.58 bits per heavy atom. The normalized spacial score (nSPS) is 15.7. The lowest BCUT2D eigenvalue weighted by Crippen LogP contribution is -2.53. The fraction of sp³-hybridized carbons (Fsp3) is 0.500. The van der Waals surface area contributed by atoms with Crippen LogP contribution in [0.3, 0.4) is 0 Å². The minimum absolute atomic E-state index is 0.0530. The van der Waals surface area contributed by atoms with Crippen molar-refractivity contribution in [2.75, 3.05) is 25.0 Å². The van der Waals surface area contributed by atoms with Gasteiger partial charge >= 0.3 is 6.03 Å². The van der Waals surface area contributed by atoms with Crippen LogP contribution >= 0.6 is 0 Å². The standard InChI is InChI=1S/C18H26N4O4/c1-4-12(5-2)20-17(24)15-10-22(11-16(23)21-18(25)19-3)13-8-6-7-9-14(13)26-15/h6-9,12,15H,4-5,10-11H2,1-3H3,(H,20,24)(H2,19,21,23,25)/t15-/m1/s1. The summed E-state index contributed by atoms with van der Waals surface area (Å²) in [5.74, 6) is -0.124. The number of ether oxygens (including phenoxy) is 1. The Morgan fingerprint density at radius 1 is 1.23 bits per heavy atom. The van der Waals surface area contributed by atoms with Crippen molar-refractivity contribution in [3.63, 3.8) is 0 Å². The van der Waals surface area contributed by atoms with Crippen molar-refractivity contribution in [1.82, 2.24) is 16.0 Å². The fourth-order valence-electron chi connectivity index (χ4n) is 2.78. The van der Waals surface area contributed by atoms with Crippen molar-refractivity contribution in [3.8, 4) is 5.75 Å². The molecule has 4 amide bonds. The number of para-hydroxylation sites is 2. The summed E-state index contributed by atoms with van der Waals surface area (Å²) in [6, 6.07) is 6.74. The Morgan fingerprint density at radius 2 is 1.92 bits per heavy atom. The van der Waals surface area contributed by atoms with E-state index in [4.69, 9.17) is 4.74 Å². The molecule has 1 aliphatic heterocycles. The first-order valence-corrected chi connectivity index (χ1v) is 8.81. The largest absolute Gasteiger partial charge is 0.477 e. The van der Waals surface area contributed by atoms with Crippen LogP contribution in [0.2, 0.25) is 0 Å². The van der Waals surface area contributed by atoms with Crippen molar-refractivity contribution in [2.24, 2.45) is 0 Å². The number of benzene rings is 1. The molecule has 1 aliphatic rings. The summed E-state index contributed by atoms with van der Waals surface area (Å²) in [5, 5.41) is 7.54. The molecule has 0 radical (unpaired) electrons. The Balaban J connectivity index is 2.13. The molecule has 142 valence electrons. The third-order valence-electron chi connectivity index (χ3n) is 4.30. The maximum atomic E-state index is 12.6. The lowest BCUT2D eigenvalue weighted by atomic mass is 10.1. The van der Waals surface area contributed by atoms with Gasteiger partial charge in [-0.3, -0.25) is 14.9 Å². The third-order valence-corrected chi connectivity index (χ3v) is 4.30. The molecule has 1 aromatic rings. The number of anilines is 1. The molecule has 2 rings (SSSR count). The molecule has 0 aliphatic carbocycles. The Hall–Kier alpha value is -2.77.